The molecule has 4 nitrogen and oxygen atoms in total. The average Bonchev–Trinajstić information content (AvgIpc) is 2.43. The SMILES string of the molecule is C=CCC(CC)Oc1cc(C)c(C(=O)OC)c(O)c1C. The number of aryl methyl sites for hydroxylation is 1. The van der Waals surface area contributed by atoms with E-state index in [0.717, 1.165) is 12.8 Å². The van der Waals surface area contributed by atoms with Crippen LogP contribution in [-0.2, 0) is 4.74 Å². The van der Waals surface area contributed by atoms with Crippen LogP contribution in [0.25, 0.3) is 0 Å². The second-order valence-electron chi connectivity index (χ2n) is 4.70. The fraction of sp³-hybridized carbons (Fsp3) is 0.438. The van der Waals surface area contributed by atoms with Crippen LogP contribution in [0, 0.1) is 13.8 Å². The molecule has 20 heavy (non-hydrogen) atoms. The summed E-state index contributed by atoms with van der Waals surface area (Å²) in [6.45, 7) is 9.19. The molecule has 1 aromatic rings. The molecule has 0 spiro atoms. The number of carbonyl (C=O) groups excluding carboxylic acids is 1. The van der Waals surface area contributed by atoms with Crippen molar-refractivity contribution >= 4 is 5.97 Å². The van der Waals surface area contributed by atoms with Gasteiger partial charge in [-0.3, -0.25) is 0 Å². The Balaban J connectivity index is 3.18. The third kappa shape index (κ3) is 3.32. The zero-order valence-corrected chi connectivity index (χ0v) is 12.5. The third-order valence-corrected chi connectivity index (χ3v) is 3.27. The van der Waals surface area contributed by atoms with E-state index in [4.69, 9.17) is 4.74 Å². The molecule has 0 saturated carbocycles. The minimum absolute atomic E-state index is 0.00831. The van der Waals surface area contributed by atoms with Crippen LogP contribution in [0.15, 0.2) is 18.7 Å². The lowest BCUT2D eigenvalue weighted by Crippen LogP contribution is -2.15. The number of ether oxygens (including phenoxy) is 2. The summed E-state index contributed by atoms with van der Waals surface area (Å²) in [5.41, 5.74) is 1.36. The maximum atomic E-state index is 11.7. The van der Waals surface area contributed by atoms with Crippen LogP contribution in [0.1, 0.15) is 41.3 Å². The van der Waals surface area contributed by atoms with Crippen LogP contribution >= 0.6 is 0 Å². The Bertz CT molecular complexity index is 506. The summed E-state index contributed by atoms with van der Waals surface area (Å²) in [5.74, 6) is -0.0468. The highest BCUT2D eigenvalue weighted by atomic mass is 16.5. The van der Waals surface area contributed by atoms with Crippen molar-refractivity contribution in [3.63, 3.8) is 0 Å². The van der Waals surface area contributed by atoms with Crippen LogP contribution < -0.4 is 4.74 Å². The lowest BCUT2D eigenvalue weighted by molar-refractivity contribution is 0.0596. The van der Waals surface area contributed by atoms with E-state index in [1.807, 2.05) is 6.92 Å². The number of carbonyl (C=O) groups is 1. The van der Waals surface area contributed by atoms with Crippen molar-refractivity contribution < 1.29 is 19.4 Å². The van der Waals surface area contributed by atoms with Gasteiger partial charge in [0.25, 0.3) is 0 Å². The Hall–Kier alpha value is -1.97. The van der Waals surface area contributed by atoms with E-state index < -0.39 is 5.97 Å². The van der Waals surface area contributed by atoms with Crippen molar-refractivity contribution in [3.8, 4) is 11.5 Å². The normalized spacial score (nSPS) is 11.8. The molecule has 0 bridgehead atoms. The lowest BCUT2D eigenvalue weighted by Gasteiger charge is -2.20. The van der Waals surface area contributed by atoms with Crippen LogP contribution in [0.2, 0.25) is 0 Å². The second-order valence-corrected chi connectivity index (χ2v) is 4.70. The molecule has 0 fully saturated rings. The van der Waals surface area contributed by atoms with E-state index in [1.165, 1.54) is 7.11 Å². The molecule has 110 valence electrons. The second kappa shape index (κ2) is 6.98. The molecule has 4 heteroatoms. The van der Waals surface area contributed by atoms with E-state index in [0.29, 0.717) is 16.9 Å². The molecule has 1 unspecified atom stereocenters. The molecule has 0 aliphatic carbocycles. The number of aromatic hydroxyl groups is 1. The van der Waals surface area contributed by atoms with Crippen molar-refractivity contribution in [2.24, 2.45) is 0 Å². The number of phenols is 1. The van der Waals surface area contributed by atoms with E-state index in [9.17, 15) is 9.90 Å². The van der Waals surface area contributed by atoms with Crippen molar-refractivity contribution in [2.75, 3.05) is 7.11 Å². The van der Waals surface area contributed by atoms with Gasteiger partial charge in [0.2, 0.25) is 0 Å². The largest absolute Gasteiger partial charge is 0.507 e. The molecule has 0 amide bonds. The zero-order valence-electron chi connectivity index (χ0n) is 12.5. The van der Waals surface area contributed by atoms with Gasteiger partial charge in [-0.05, 0) is 31.9 Å². The minimum Gasteiger partial charge on any atom is -0.507 e. The standard InChI is InChI=1S/C16H22O4/c1-6-8-12(7-2)20-13-9-10(3)14(16(18)19-5)15(17)11(13)4/h6,9,12,17H,1,7-8H2,2-5H3. The highest BCUT2D eigenvalue weighted by Crippen LogP contribution is 2.34. The van der Waals surface area contributed by atoms with Crippen LogP contribution in [-0.4, -0.2) is 24.3 Å². The molecular formula is C16H22O4. The number of hydrogen-bond acceptors (Lipinski definition) is 4. The minimum atomic E-state index is -0.548. The molecule has 1 aromatic carbocycles. The predicted octanol–water partition coefficient (Wildman–Crippen LogP) is 3.53. The Labute approximate surface area is 120 Å². The first kappa shape index (κ1) is 16.1. The molecular weight excluding hydrogens is 256 g/mol. The summed E-state index contributed by atoms with van der Waals surface area (Å²) in [6.07, 6.45) is 3.38. The van der Waals surface area contributed by atoms with Crippen LogP contribution in [0.3, 0.4) is 0 Å². The molecule has 1 rings (SSSR count). The molecule has 1 atom stereocenters. The number of phenolic OH excluding ortho intramolecular Hbond substituents is 1. The average molecular weight is 278 g/mol. The highest BCUT2D eigenvalue weighted by molar-refractivity contribution is 5.95. The van der Waals surface area contributed by atoms with Crippen LogP contribution in [0.5, 0.6) is 11.5 Å². The highest BCUT2D eigenvalue weighted by Gasteiger charge is 2.21. The summed E-state index contributed by atoms with van der Waals surface area (Å²) in [5, 5.41) is 10.2. The number of benzene rings is 1. The fourth-order valence-electron chi connectivity index (χ4n) is 2.01. The van der Waals surface area contributed by atoms with E-state index >= 15 is 0 Å². The van der Waals surface area contributed by atoms with Crippen molar-refractivity contribution in [2.45, 2.75) is 39.7 Å². The van der Waals surface area contributed by atoms with Crippen molar-refractivity contribution in [1.82, 2.24) is 0 Å². The number of methoxy groups -OCH3 is 1. The summed E-state index contributed by atoms with van der Waals surface area (Å²) in [6, 6.07) is 1.76. The molecule has 0 radical (unpaired) electrons. The summed E-state index contributed by atoms with van der Waals surface area (Å²) < 4.78 is 10.6. The predicted molar refractivity (Wildman–Crippen MR) is 78.4 cm³/mol. The summed E-state index contributed by atoms with van der Waals surface area (Å²) in [4.78, 5) is 11.7. The first-order chi connectivity index (χ1) is 9.46. The first-order valence-corrected chi connectivity index (χ1v) is 6.65. The molecule has 1 N–H and O–H groups in total. The fourth-order valence-corrected chi connectivity index (χ4v) is 2.01. The van der Waals surface area contributed by atoms with Crippen molar-refractivity contribution in [1.29, 1.82) is 0 Å². The Kier molecular flexibility index (Phi) is 5.62. The third-order valence-electron chi connectivity index (χ3n) is 3.27. The van der Waals surface area contributed by atoms with Gasteiger partial charge in [0, 0.05) is 12.0 Å². The monoisotopic (exact) mass is 278 g/mol. The van der Waals surface area contributed by atoms with Crippen molar-refractivity contribution in [3.05, 3.63) is 35.4 Å². The summed E-state index contributed by atoms with van der Waals surface area (Å²) >= 11 is 0. The van der Waals surface area contributed by atoms with Gasteiger partial charge in [0.15, 0.2) is 0 Å². The van der Waals surface area contributed by atoms with E-state index in [1.54, 1.807) is 26.0 Å². The van der Waals surface area contributed by atoms with Gasteiger partial charge in [-0.15, -0.1) is 6.58 Å². The van der Waals surface area contributed by atoms with E-state index in [2.05, 4.69) is 11.3 Å². The molecule has 0 aliphatic rings. The van der Waals surface area contributed by atoms with Gasteiger partial charge in [0.05, 0.1) is 7.11 Å². The molecule has 0 aliphatic heterocycles. The maximum Gasteiger partial charge on any atom is 0.341 e. The number of rotatable bonds is 6. The molecule has 0 saturated heterocycles. The number of hydrogen-bond donors (Lipinski definition) is 1. The molecule has 0 aromatic heterocycles. The molecule has 0 heterocycles. The van der Waals surface area contributed by atoms with E-state index in [-0.39, 0.29) is 17.4 Å². The smallest absolute Gasteiger partial charge is 0.341 e. The van der Waals surface area contributed by atoms with Crippen LogP contribution in [0.4, 0.5) is 0 Å². The van der Waals surface area contributed by atoms with Gasteiger partial charge >= 0.3 is 5.97 Å². The lowest BCUT2D eigenvalue weighted by atomic mass is 10.0. The Morgan fingerprint density at radius 1 is 1.50 bits per heavy atom. The Morgan fingerprint density at radius 2 is 2.15 bits per heavy atom. The van der Waals surface area contributed by atoms with Gasteiger partial charge in [-0.25, -0.2) is 4.79 Å². The first-order valence-electron chi connectivity index (χ1n) is 6.65. The zero-order chi connectivity index (χ0) is 15.3. The topological polar surface area (TPSA) is 55.8 Å². The van der Waals surface area contributed by atoms with Gasteiger partial charge in [-0.1, -0.05) is 13.0 Å². The van der Waals surface area contributed by atoms with Gasteiger partial charge in [-0.2, -0.15) is 0 Å². The quantitative estimate of drug-likeness (QED) is 0.639. The maximum absolute atomic E-state index is 11.7. The number of esters is 1. The Morgan fingerprint density at radius 3 is 2.65 bits per heavy atom. The van der Waals surface area contributed by atoms with Gasteiger partial charge in [0.1, 0.15) is 23.2 Å². The summed E-state index contributed by atoms with van der Waals surface area (Å²) in [7, 11) is 1.29. The van der Waals surface area contributed by atoms with Gasteiger partial charge < -0.3 is 14.6 Å².